The van der Waals surface area contributed by atoms with Crippen LogP contribution in [0.5, 0.6) is 11.5 Å². The SMILES string of the molecule is CCc1nc2c[n+]([O-])c3cc(OCC(=O)C(C)(C)C)ccc3c2n1CCOc1ccccc1. The zero-order valence-corrected chi connectivity index (χ0v) is 19.5. The highest BCUT2D eigenvalue weighted by atomic mass is 16.5. The molecule has 4 rings (SSSR count). The minimum Gasteiger partial charge on any atom is -0.618 e. The molecule has 0 unspecified atom stereocenters. The first-order valence-corrected chi connectivity index (χ1v) is 11.2. The Bertz CT molecular complexity index is 1290. The van der Waals surface area contributed by atoms with E-state index in [4.69, 9.17) is 9.47 Å². The summed E-state index contributed by atoms with van der Waals surface area (Å²) in [7, 11) is 0. The van der Waals surface area contributed by atoms with Crippen molar-refractivity contribution in [2.75, 3.05) is 13.2 Å². The number of aryl methyl sites for hydroxylation is 1. The van der Waals surface area contributed by atoms with E-state index in [1.807, 2.05) is 64.1 Å². The Hall–Kier alpha value is -3.61. The molecule has 2 aromatic carbocycles. The summed E-state index contributed by atoms with van der Waals surface area (Å²) >= 11 is 0. The summed E-state index contributed by atoms with van der Waals surface area (Å²) < 4.78 is 14.5. The summed E-state index contributed by atoms with van der Waals surface area (Å²) in [4.78, 5) is 16.9. The fourth-order valence-corrected chi connectivity index (χ4v) is 3.71. The van der Waals surface area contributed by atoms with Gasteiger partial charge in [0.1, 0.15) is 30.5 Å². The molecule has 0 amide bonds. The zero-order valence-electron chi connectivity index (χ0n) is 19.5. The van der Waals surface area contributed by atoms with Gasteiger partial charge >= 0.3 is 0 Å². The van der Waals surface area contributed by atoms with Gasteiger partial charge in [0.25, 0.3) is 0 Å². The molecule has 2 heterocycles. The lowest BCUT2D eigenvalue weighted by Gasteiger charge is -2.17. The lowest BCUT2D eigenvalue weighted by Crippen LogP contribution is -2.27. The normalized spacial score (nSPS) is 11.8. The third-order valence-electron chi connectivity index (χ3n) is 5.62. The average molecular weight is 448 g/mol. The van der Waals surface area contributed by atoms with Crippen LogP contribution in [0, 0.1) is 10.6 Å². The van der Waals surface area contributed by atoms with Crippen LogP contribution in [0.25, 0.3) is 21.9 Å². The number of hydrogen-bond acceptors (Lipinski definition) is 5. The molecule has 0 spiro atoms. The lowest BCUT2D eigenvalue weighted by molar-refractivity contribution is -0.575. The molecule has 0 fully saturated rings. The molecule has 7 heteroatoms. The number of Topliss-reactive ketones (excluding diaryl/α,β-unsaturated/α-hetero) is 1. The van der Waals surface area contributed by atoms with E-state index in [1.165, 1.54) is 6.20 Å². The first-order valence-electron chi connectivity index (χ1n) is 11.2. The summed E-state index contributed by atoms with van der Waals surface area (Å²) in [6, 6.07) is 15.0. The quantitative estimate of drug-likeness (QED) is 0.294. The fourth-order valence-electron chi connectivity index (χ4n) is 3.71. The van der Waals surface area contributed by atoms with Crippen LogP contribution >= 0.6 is 0 Å². The third kappa shape index (κ3) is 4.77. The van der Waals surface area contributed by atoms with Gasteiger partial charge in [0.05, 0.1) is 23.5 Å². The molecule has 0 atom stereocenters. The lowest BCUT2D eigenvalue weighted by atomic mass is 9.91. The number of nitrogens with zero attached hydrogens (tertiary/aromatic N) is 3. The van der Waals surface area contributed by atoms with Crippen molar-refractivity contribution in [2.45, 2.75) is 40.7 Å². The molecular formula is C26H29N3O4. The molecule has 0 aliphatic rings. The second kappa shape index (κ2) is 9.10. The molecule has 2 aromatic heterocycles. The molecule has 0 bridgehead atoms. The Balaban J connectivity index is 1.66. The Morgan fingerprint density at radius 1 is 1.09 bits per heavy atom. The average Bonchev–Trinajstić information content (AvgIpc) is 3.15. The van der Waals surface area contributed by atoms with Crippen molar-refractivity contribution < 1.29 is 19.0 Å². The van der Waals surface area contributed by atoms with E-state index >= 15 is 0 Å². The van der Waals surface area contributed by atoms with E-state index < -0.39 is 5.41 Å². The molecule has 4 aromatic rings. The van der Waals surface area contributed by atoms with E-state index in [9.17, 15) is 10.0 Å². The Labute approximate surface area is 193 Å². The number of hydrogen-bond donors (Lipinski definition) is 0. The third-order valence-corrected chi connectivity index (χ3v) is 5.62. The zero-order chi connectivity index (χ0) is 23.6. The molecule has 0 radical (unpaired) electrons. The van der Waals surface area contributed by atoms with Crippen LogP contribution in [0.3, 0.4) is 0 Å². The van der Waals surface area contributed by atoms with Crippen LogP contribution in [-0.4, -0.2) is 28.5 Å². The minimum absolute atomic E-state index is 0.00266. The van der Waals surface area contributed by atoms with Gasteiger partial charge in [-0.1, -0.05) is 45.9 Å². The van der Waals surface area contributed by atoms with Crippen LogP contribution in [0.2, 0.25) is 0 Å². The van der Waals surface area contributed by atoms with E-state index in [0.717, 1.165) is 33.6 Å². The van der Waals surface area contributed by atoms with Gasteiger partial charge in [0.2, 0.25) is 11.7 Å². The molecule has 0 aliphatic carbocycles. The van der Waals surface area contributed by atoms with Crippen molar-refractivity contribution in [2.24, 2.45) is 5.41 Å². The Kier molecular flexibility index (Phi) is 6.22. The Morgan fingerprint density at radius 3 is 2.55 bits per heavy atom. The number of para-hydroxylation sites is 1. The maximum atomic E-state index is 12.8. The van der Waals surface area contributed by atoms with Gasteiger partial charge in [-0.05, 0) is 24.3 Å². The number of ether oxygens (including phenoxy) is 2. The summed E-state index contributed by atoms with van der Waals surface area (Å²) in [5.41, 5.74) is 1.52. The molecular weight excluding hydrogens is 418 g/mol. The Morgan fingerprint density at radius 2 is 1.85 bits per heavy atom. The molecule has 0 saturated heterocycles. The number of benzene rings is 2. The van der Waals surface area contributed by atoms with E-state index in [2.05, 4.69) is 9.55 Å². The molecule has 33 heavy (non-hydrogen) atoms. The van der Waals surface area contributed by atoms with Gasteiger partial charge in [0.15, 0.2) is 11.3 Å². The monoisotopic (exact) mass is 447 g/mol. The summed E-state index contributed by atoms with van der Waals surface area (Å²) in [6.07, 6.45) is 2.23. The van der Waals surface area contributed by atoms with E-state index in [0.29, 0.717) is 29.9 Å². The molecule has 172 valence electrons. The fraction of sp³-hybridized carbons (Fsp3) is 0.346. The van der Waals surface area contributed by atoms with Gasteiger partial charge in [-0.15, -0.1) is 0 Å². The smallest absolute Gasteiger partial charge is 0.229 e. The van der Waals surface area contributed by atoms with Crippen molar-refractivity contribution in [3.05, 3.63) is 65.8 Å². The van der Waals surface area contributed by atoms with Crippen LogP contribution in [0.15, 0.2) is 54.7 Å². The molecule has 7 nitrogen and oxygen atoms in total. The van der Waals surface area contributed by atoms with Gasteiger partial charge in [0, 0.05) is 11.8 Å². The maximum absolute atomic E-state index is 12.8. The summed E-state index contributed by atoms with van der Waals surface area (Å²) in [5, 5.41) is 13.6. The van der Waals surface area contributed by atoms with E-state index in [1.54, 1.807) is 12.1 Å². The van der Waals surface area contributed by atoms with Gasteiger partial charge < -0.3 is 19.2 Å². The molecule has 0 aliphatic heterocycles. The van der Waals surface area contributed by atoms with Crippen molar-refractivity contribution in [1.82, 2.24) is 9.55 Å². The van der Waals surface area contributed by atoms with Crippen molar-refractivity contribution in [3.63, 3.8) is 0 Å². The molecule has 0 saturated carbocycles. The highest BCUT2D eigenvalue weighted by Crippen LogP contribution is 2.27. The summed E-state index contributed by atoms with van der Waals surface area (Å²) in [5.74, 6) is 2.19. The number of imidazole rings is 1. The second-order valence-electron chi connectivity index (χ2n) is 9.02. The highest BCUT2D eigenvalue weighted by molar-refractivity contribution is 6.01. The van der Waals surface area contributed by atoms with Crippen LogP contribution in [-0.2, 0) is 17.8 Å². The number of carbonyl (C=O) groups excluding carboxylic acids is 1. The van der Waals surface area contributed by atoms with Gasteiger partial charge in [-0.3, -0.25) is 4.79 Å². The summed E-state index contributed by atoms with van der Waals surface area (Å²) in [6.45, 7) is 8.66. The number of ketones is 1. The van der Waals surface area contributed by atoms with Gasteiger partial charge in [-0.25, -0.2) is 4.98 Å². The van der Waals surface area contributed by atoms with E-state index in [-0.39, 0.29) is 12.4 Å². The van der Waals surface area contributed by atoms with Crippen molar-refractivity contribution in [3.8, 4) is 11.5 Å². The number of carbonyl (C=O) groups is 1. The topological polar surface area (TPSA) is 80.3 Å². The highest BCUT2D eigenvalue weighted by Gasteiger charge is 2.22. The van der Waals surface area contributed by atoms with Crippen molar-refractivity contribution in [1.29, 1.82) is 0 Å². The first-order chi connectivity index (χ1) is 15.8. The molecule has 0 N–H and O–H groups in total. The predicted molar refractivity (Wildman–Crippen MR) is 127 cm³/mol. The second-order valence-corrected chi connectivity index (χ2v) is 9.02. The maximum Gasteiger partial charge on any atom is 0.229 e. The number of pyridine rings is 1. The number of rotatable bonds is 8. The van der Waals surface area contributed by atoms with Crippen molar-refractivity contribution >= 4 is 27.7 Å². The first kappa shape index (κ1) is 22.6. The predicted octanol–water partition coefficient (Wildman–Crippen LogP) is 4.46. The van der Waals surface area contributed by atoms with Crippen LogP contribution in [0.4, 0.5) is 0 Å². The largest absolute Gasteiger partial charge is 0.618 e. The van der Waals surface area contributed by atoms with Crippen LogP contribution in [0.1, 0.15) is 33.5 Å². The van der Waals surface area contributed by atoms with Crippen LogP contribution < -0.4 is 14.2 Å². The standard InChI is InChI=1S/C26H29N3O4/c1-5-24-27-21-16-29(31)22-15-19(33-17-23(30)26(2,3)4)11-12-20(22)25(21)28(24)13-14-32-18-9-7-6-8-10-18/h6-12,15-16H,5,13-14,17H2,1-4H3. The number of fused-ring (bicyclic) bond motifs is 3. The van der Waals surface area contributed by atoms with Gasteiger partial charge in [-0.2, -0.15) is 4.73 Å². The number of aromatic nitrogens is 3. The minimum atomic E-state index is -0.480.